The zero-order valence-electron chi connectivity index (χ0n) is 14.9. The third-order valence-corrected chi connectivity index (χ3v) is 5.56. The third kappa shape index (κ3) is 4.09. The van der Waals surface area contributed by atoms with Gasteiger partial charge in [-0.1, -0.05) is 18.0 Å². The molecule has 3 rings (SSSR count). The molecular weight excluding hydrogens is 338 g/mol. The summed E-state index contributed by atoms with van der Waals surface area (Å²) in [6, 6.07) is 5.53. The molecule has 0 spiro atoms. The standard InChI is InChI=1S/C19H26ClN3O2/c1-22(2)17-9-8-15(11-16(17)20)21-18(24)14-7-4-10-23(12-14)19(25)13-5-3-6-13/h8-9,11,13-14H,3-7,10,12H2,1-2H3,(H,21,24). The maximum atomic E-state index is 12.6. The Bertz CT molecular complexity index is 658. The summed E-state index contributed by atoms with van der Waals surface area (Å²) < 4.78 is 0. The largest absolute Gasteiger partial charge is 0.376 e. The van der Waals surface area contributed by atoms with Crippen molar-refractivity contribution in [3.63, 3.8) is 0 Å². The van der Waals surface area contributed by atoms with Gasteiger partial charge in [-0.15, -0.1) is 0 Å². The van der Waals surface area contributed by atoms with Gasteiger partial charge in [0.15, 0.2) is 0 Å². The van der Waals surface area contributed by atoms with E-state index in [1.165, 1.54) is 0 Å². The van der Waals surface area contributed by atoms with Crippen LogP contribution in [0, 0.1) is 11.8 Å². The number of likely N-dealkylation sites (tertiary alicyclic amines) is 1. The minimum absolute atomic E-state index is 0.0280. The first-order chi connectivity index (χ1) is 12.0. The summed E-state index contributed by atoms with van der Waals surface area (Å²) in [7, 11) is 3.85. The van der Waals surface area contributed by atoms with Crippen molar-refractivity contribution in [3.8, 4) is 0 Å². The van der Waals surface area contributed by atoms with E-state index in [0.29, 0.717) is 17.3 Å². The van der Waals surface area contributed by atoms with Gasteiger partial charge in [-0.25, -0.2) is 0 Å². The number of carbonyl (C=O) groups excluding carboxylic acids is 2. The van der Waals surface area contributed by atoms with Gasteiger partial charge in [0.1, 0.15) is 0 Å². The minimum Gasteiger partial charge on any atom is -0.376 e. The van der Waals surface area contributed by atoms with Gasteiger partial charge >= 0.3 is 0 Å². The first-order valence-corrected chi connectivity index (χ1v) is 9.40. The van der Waals surface area contributed by atoms with Gasteiger partial charge in [-0.05, 0) is 43.9 Å². The summed E-state index contributed by atoms with van der Waals surface area (Å²) in [4.78, 5) is 28.9. The van der Waals surface area contributed by atoms with Crippen LogP contribution in [-0.2, 0) is 9.59 Å². The Morgan fingerprint density at radius 2 is 1.88 bits per heavy atom. The number of benzene rings is 1. The van der Waals surface area contributed by atoms with Gasteiger partial charge in [0.2, 0.25) is 11.8 Å². The molecule has 1 aliphatic carbocycles. The topological polar surface area (TPSA) is 52.7 Å². The number of hydrogen-bond acceptors (Lipinski definition) is 3. The van der Waals surface area contributed by atoms with Crippen LogP contribution in [0.1, 0.15) is 32.1 Å². The molecule has 0 aromatic heterocycles. The highest BCUT2D eigenvalue weighted by atomic mass is 35.5. The Morgan fingerprint density at radius 1 is 1.16 bits per heavy atom. The average molecular weight is 364 g/mol. The second-order valence-electron chi connectivity index (χ2n) is 7.30. The van der Waals surface area contributed by atoms with Crippen molar-refractivity contribution in [1.29, 1.82) is 0 Å². The molecule has 1 saturated carbocycles. The fraction of sp³-hybridized carbons (Fsp3) is 0.579. The summed E-state index contributed by atoms with van der Waals surface area (Å²) in [5, 5.41) is 3.56. The highest BCUT2D eigenvalue weighted by molar-refractivity contribution is 6.33. The molecule has 1 unspecified atom stereocenters. The number of rotatable bonds is 4. The molecule has 0 radical (unpaired) electrons. The molecule has 1 aromatic rings. The summed E-state index contributed by atoms with van der Waals surface area (Å²) in [6.45, 7) is 1.31. The number of nitrogens with zero attached hydrogens (tertiary/aromatic N) is 2. The highest BCUT2D eigenvalue weighted by Gasteiger charge is 2.34. The predicted molar refractivity (Wildman–Crippen MR) is 101 cm³/mol. The second kappa shape index (κ2) is 7.65. The molecule has 1 aliphatic heterocycles. The Hall–Kier alpha value is -1.75. The Morgan fingerprint density at radius 3 is 2.48 bits per heavy atom. The third-order valence-electron chi connectivity index (χ3n) is 5.26. The number of piperidine rings is 1. The van der Waals surface area contributed by atoms with Crippen molar-refractivity contribution in [2.45, 2.75) is 32.1 Å². The molecule has 136 valence electrons. The lowest BCUT2D eigenvalue weighted by molar-refractivity contribution is -0.141. The van der Waals surface area contributed by atoms with Gasteiger partial charge in [-0.3, -0.25) is 9.59 Å². The van der Waals surface area contributed by atoms with Gasteiger partial charge in [0.25, 0.3) is 0 Å². The Balaban J connectivity index is 1.60. The van der Waals surface area contributed by atoms with Crippen LogP contribution in [0.5, 0.6) is 0 Å². The second-order valence-corrected chi connectivity index (χ2v) is 7.71. The molecule has 1 saturated heterocycles. The van der Waals surface area contributed by atoms with E-state index in [-0.39, 0.29) is 23.7 Å². The molecule has 2 amide bonds. The molecule has 1 N–H and O–H groups in total. The van der Waals surface area contributed by atoms with Crippen LogP contribution in [0.4, 0.5) is 11.4 Å². The number of amides is 2. The quantitative estimate of drug-likeness (QED) is 0.892. The Kier molecular flexibility index (Phi) is 5.52. The lowest BCUT2D eigenvalue weighted by Crippen LogP contribution is -2.47. The van der Waals surface area contributed by atoms with Gasteiger partial charge in [0, 0.05) is 38.8 Å². The van der Waals surface area contributed by atoms with Gasteiger partial charge in [0.05, 0.1) is 16.6 Å². The average Bonchev–Trinajstić information content (AvgIpc) is 2.53. The van der Waals surface area contributed by atoms with E-state index in [4.69, 9.17) is 11.6 Å². The van der Waals surface area contributed by atoms with Crippen molar-refractivity contribution >= 4 is 34.8 Å². The maximum absolute atomic E-state index is 12.6. The SMILES string of the molecule is CN(C)c1ccc(NC(=O)C2CCCN(C(=O)C3CCC3)C2)cc1Cl. The van der Waals surface area contributed by atoms with Crippen LogP contribution in [0.25, 0.3) is 0 Å². The zero-order valence-corrected chi connectivity index (χ0v) is 15.7. The molecule has 0 bridgehead atoms. The van der Waals surface area contributed by atoms with E-state index in [1.54, 1.807) is 6.07 Å². The number of carbonyl (C=O) groups is 2. The van der Waals surface area contributed by atoms with Crippen LogP contribution in [-0.4, -0.2) is 43.9 Å². The van der Waals surface area contributed by atoms with Crippen molar-refractivity contribution < 1.29 is 9.59 Å². The summed E-state index contributed by atoms with van der Waals surface area (Å²) in [5.41, 5.74) is 1.61. The molecular formula is C19H26ClN3O2. The molecule has 2 aliphatic rings. The minimum atomic E-state index is -0.148. The van der Waals surface area contributed by atoms with E-state index in [2.05, 4.69) is 5.32 Å². The van der Waals surface area contributed by atoms with E-state index >= 15 is 0 Å². The number of hydrogen-bond donors (Lipinski definition) is 1. The fourth-order valence-electron chi connectivity index (χ4n) is 3.50. The Labute approximate surface area is 154 Å². The molecule has 1 atom stereocenters. The first-order valence-electron chi connectivity index (χ1n) is 9.02. The number of halogens is 1. The van der Waals surface area contributed by atoms with Crippen LogP contribution < -0.4 is 10.2 Å². The summed E-state index contributed by atoms with van der Waals surface area (Å²) in [5.74, 6) is 0.256. The maximum Gasteiger partial charge on any atom is 0.229 e. The van der Waals surface area contributed by atoms with Crippen LogP contribution in [0.3, 0.4) is 0 Å². The molecule has 25 heavy (non-hydrogen) atoms. The monoisotopic (exact) mass is 363 g/mol. The smallest absolute Gasteiger partial charge is 0.229 e. The highest BCUT2D eigenvalue weighted by Crippen LogP contribution is 2.31. The van der Waals surface area contributed by atoms with Crippen molar-refractivity contribution in [2.24, 2.45) is 11.8 Å². The lowest BCUT2D eigenvalue weighted by Gasteiger charge is -2.36. The number of anilines is 2. The van der Waals surface area contributed by atoms with Crippen LogP contribution in [0.2, 0.25) is 5.02 Å². The molecule has 6 heteroatoms. The van der Waals surface area contributed by atoms with Crippen molar-refractivity contribution in [3.05, 3.63) is 23.2 Å². The molecule has 5 nitrogen and oxygen atoms in total. The first kappa shape index (κ1) is 18.1. The van der Waals surface area contributed by atoms with Crippen molar-refractivity contribution in [2.75, 3.05) is 37.4 Å². The normalized spacial score (nSPS) is 20.8. The number of nitrogens with one attached hydrogen (secondary N) is 1. The van der Waals surface area contributed by atoms with E-state index in [1.807, 2.05) is 36.0 Å². The lowest BCUT2D eigenvalue weighted by atomic mass is 9.83. The van der Waals surface area contributed by atoms with Crippen LogP contribution >= 0.6 is 11.6 Å². The predicted octanol–water partition coefficient (Wildman–Crippen LogP) is 3.38. The van der Waals surface area contributed by atoms with E-state index < -0.39 is 0 Å². The fourth-order valence-corrected chi connectivity index (χ4v) is 3.85. The van der Waals surface area contributed by atoms with Gasteiger partial charge in [-0.2, -0.15) is 0 Å². The van der Waals surface area contributed by atoms with Crippen molar-refractivity contribution in [1.82, 2.24) is 4.90 Å². The molecule has 1 heterocycles. The molecule has 2 fully saturated rings. The summed E-state index contributed by atoms with van der Waals surface area (Å²) >= 11 is 6.27. The zero-order chi connectivity index (χ0) is 18.0. The van der Waals surface area contributed by atoms with Crippen LogP contribution in [0.15, 0.2) is 18.2 Å². The van der Waals surface area contributed by atoms with E-state index in [0.717, 1.165) is 44.3 Å². The summed E-state index contributed by atoms with van der Waals surface area (Å²) in [6.07, 6.45) is 4.87. The molecule has 1 aromatic carbocycles. The van der Waals surface area contributed by atoms with Gasteiger partial charge < -0.3 is 15.1 Å². The van der Waals surface area contributed by atoms with E-state index in [9.17, 15) is 9.59 Å².